The second-order valence-corrected chi connectivity index (χ2v) is 7.51. The third-order valence-corrected chi connectivity index (χ3v) is 5.80. The molecule has 4 heterocycles. The molecule has 0 bridgehead atoms. The lowest BCUT2D eigenvalue weighted by Gasteiger charge is -2.33. The number of ether oxygens (including phenoxy) is 1. The van der Waals surface area contributed by atoms with E-state index in [4.69, 9.17) is 9.72 Å². The van der Waals surface area contributed by atoms with Crippen LogP contribution in [-0.2, 0) is 29.0 Å². The summed E-state index contributed by atoms with van der Waals surface area (Å²) in [7, 11) is 0. The highest BCUT2D eigenvalue weighted by atomic mass is 32.1. The van der Waals surface area contributed by atoms with Crippen LogP contribution in [0, 0.1) is 0 Å². The number of aromatic nitrogens is 2. The van der Waals surface area contributed by atoms with E-state index in [0.717, 1.165) is 31.2 Å². The fraction of sp³-hybridized carbons (Fsp3) is 0.556. The summed E-state index contributed by atoms with van der Waals surface area (Å²) in [5.74, 6) is 1.23. The van der Waals surface area contributed by atoms with E-state index in [0.29, 0.717) is 32.7 Å². The van der Waals surface area contributed by atoms with Crippen LogP contribution in [0.4, 0.5) is 0 Å². The van der Waals surface area contributed by atoms with Gasteiger partial charge in [0.15, 0.2) is 0 Å². The first-order chi connectivity index (χ1) is 12.2. The van der Waals surface area contributed by atoms with Gasteiger partial charge in [0.1, 0.15) is 5.82 Å². The quantitative estimate of drug-likeness (QED) is 0.836. The van der Waals surface area contributed by atoms with Crippen molar-refractivity contribution in [1.82, 2.24) is 19.4 Å². The predicted octanol–water partition coefficient (Wildman–Crippen LogP) is 1.92. The van der Waals surface area contributed by atoms with Crippen molar-refractivity contribution in [2.45, 2.75) is 32.5 Å². The summed E-state index contributed by atoms with van der Waals surface area (Å²) in [5.41, 5.74) is 2.25. The van der Waals surface area contributed by atoms with Crippen LogP contribution >= 0.6 is 11.3 Å². The van der Waals surface area contributed by atoms with Crippen LogP contribution in [0.2, 0.25) is 0 Å². The largest absolute Gasteiger partial charge is 0.378 e. The molecule has 2 aliphatic heterocycles. The Morgan fingerprint density at radius 2 is 2.16 bits per heavy atom. The zero-order valence-electron chi connectivity index (χ0n) is 14.6. The smallest absolute Gasteiger partial charge is 0.228 e. The Hall–Kier alpha value is -1.70. The molecule has 0 N–H and O–H groups in total. The average molecular weight is 360 g/mol. The molecule has 2 aliphatic rings. The fourth-order valence-corrected chi connectivity index (χ4v) is 4.25. The molecule has 1 fully saturated rings. The van der Waals surface area contributed by atoms with Gasteiger partial charge in [0.2, 0.25) is 5.91 Å². The molecule has 0 spiro atoms. The third-order valence-electron chi connectivity index (χ3n) is 5.07. The van der Waals surface area contributed by atoms with Crippen LogP contribution < -0.4 is 0 Å². The molecule has 1 amide bonds. The molecule has 1 saturated heterocycles. The summed E-state index contributed by atoms with van der Waals surface area (Å²) in [5, 5.41) is 4.33. The number of fused-ring (bicyclic) bond motifs is 1. The Morgan fingerprint density at radius 3 is 2.92 bits per heavy atom. The highest BCUT2D eigenvalue weighted by Gasteiger charge is 2.27. The first kappa shape index (κ1) is 16.8. The number of carbonyl (C=O) groups is 1. The molecule has 0 saturated carbocycles. The summed E-state index contributed by atoms with van der Waals surface area (Å²) in [6.45, 7) is 7.77. The number of carbonyl (C=O) groups excluding carboxylic acids is 1. The number of imidazole rings is 1. The standard InChI is InChI=1S/C18H24N4O2S/c1-14-18-19-16(10-17(23)20-5-7-24-8-6-20)12-22(18)4-3-21(14)11-15-2-9-25-13-15/h2,9,12-14H,3-8,10-11H2,1H3. The number of hydrogen-bond acceptors (Lipinski definition) is 5. The minimum Gasteiger partial charge on any atom is -0.378 e. The van der Waals surface area contributed by atoms with Crippen molar-refractivity contribution in [2.24, 2.45) is 0 Å². The molecule has 134 valence electrons. The molecular formula is C18H24N4O2S. The maximum absolute atomic E-state index is 12.4. The van der Waals surface area contributed by atoms with Crippen LogP contribution in [0.15, 0.2) is 23.0 Å². The minimum atomic E-state index is 0.154. The van der Waals surface area contributed by atoms with Crippen molar-refractivity contribution >= 4 is 17.2 Å². The third kappa shape index (κ3) is 3.63. The van der Waals surface area contributed by atoms with Crippen LogP contribution in [0.1, 0.15) is 30.0 Å². The van der Waals surface area contributed by atoms with E-state index in [9.17, 15) is 4.79 Å². The van der Waals surface area contributed by atoms with Crippen molar-refractivity contribution in [2.75, 3.05) is 32.8 Å². The van der Waals surface area contributed by atoms with Gasteiger partial charge in [-0.05, 0) is 29.3 Å². The summed E-state index contributed by atoms with van der Waals surface area (Å²) < 4.78 is 7.54. The van der Waals surface area contributed by atoms with E-state index in [-0.39, 0.29) is 11.9 Å². The average Bonchev–Trinajstić information content (AvgIpc) is 3.28. The van der Waals surface area contributed by atoms with Crippen LogP contribution in [0.5, 0.6) is 0 Å². The van der Waals surface area contributed by atoms with Gasteiger partial charge < -0.3 is 14.2 Å². The van der Waals surface area contributed by atoms with Gasteiger partial charge in [-0.2, -0.15) is 11.3 Å². The van der Waals surface area contributed by atoms with Crippen molar-refractivity contribution in [3.63, 3.8) is 0 Å². The van der Waals surface area contributed by atoms with E-state index in [1.807, 2.05) is 4.90 Å². The molecule has 1 unspecified atom stereocenters. The topological polar surface area (TPSA) is 50.6 Å². The monoisotopic (exact) mass is 360 g/mol. The molecule has 4 rings (SSSR count). The molecule has 2 aromatic rings. The Morgan fingerprint density at radius 1 is 1.32 bits per heavy atom. The summed E-state index contributed by atoms with van der Waals surface area (Å²) in [4.78, 5) is 21.6. The number of thiophene rings is 1. The number of amides is 1. The van der Waals surface area contributed by atoms with Crippen LogP contribution in [0.25, 0.3) is 0 Å². The molecule has 1 atom stereocenters. The van der Waals surface area contributed by atoms with Gasteiger partial charge in [-0.1, -0.05) is 0 Å². The van der Waals surface area contributed by atoms with Crippen LogP contribution in [-0.4, -0.2) is 58.1 Å². The molecule has 7 heteroatoms. The second kappa shape index (κ2) is 7.27. The van der Waals surface area contributed by atoms with Crippen molar-refractivity contribution in [3.8, 4) is 0 Å². The summed E-state index contributed by atoms with van der Waals surface area (Å²) in [6.07, 6.45) is 2.45. The highest BCUT2D eigenvalue weighted by Crippen LogP contribution is 2.27. The van der Waals surface area contributed by atoms with Crippen molar-refractivity contribution in [1.29, 1.82) is 0 Å². The Kier molecular flexibility index (Phi) is 4.87. The number of morpholine rings is 1. The summed E-state index contributed by atoms with van der Waals surface area (Å²) in [6, 6.07) is 2.45. The van der Waals surface area contributed by atoms with Gasteiger partial charge in [-0.15, -0.1) is 0 Å². The van der Waals surface area contributed by atoms with Gasteiger partial charge >= 0.3 is 0 Å². The van der Waals surface area contributed by atoms with Gasteiger partial charge in [0.05, 0.1) is 31.4 Å². The number of nitrogens with zero attached hydrogens (tertiary/aromatic N) is 4. The first-order valence-corrected chi connectivity index (χ1v) is 9.81. The van der Waals surface area contributed by atoms with E-state index < -0.39 is 0 Å². The fourth-order valence-electron chi connectivity index (χ4n) is 3.59. The maximum atomic E-state index is 12.4. The van der Waals surface area contributed by atoms with Gasteiger partial charge in [0.25, 0.3) is 0 Å². The molecule has 0 radical (unpaired) electrons. The van der Waals surface area contributed by atoms with Crippen molar-refractivity contribution in [3.05, 3.63) is 40.1 Å². The zero-order valence-corrected chi connectivity index (χ0v) is 15.4. The molecule has 6 nitrogen and oxygen atoms in total. The Labute approximate surface area is 152 Å². The number of hydrogen-bond donors (Lipinski definition) is 0. The lowest BCUT2D eigenvalue weighted by Crippen LogP contribution is -2.41. The maximum Gasteiger partial charge on any atom is 0.228 e. The van der Waals surface area contributed by atoms with Crippen LogP contribution in [0.3, 0.4) is 0 Å². The van der Waals surface area contributed by atoms with Gasteiger partial charge in [-0.25, -0.2) is 4.98 Å². The lowest BCUT2D eigenvalue weighted by atomic mass is 10.2. The normalized spacial score (nSPS) is 21.3. The minimum absolute atomic E-state index is 0.154. The Balaban J connectivity index is 1.43. The lowest BCUT2D eigenvalue weighted by molar-refractivity contribution is -0.134. The molecule has 0 aliphatic carbocycles. The zero-order chi connectivity index (χ0) is 17.2. The van der Waals surface area contributed by atoms with E-state index in [2.05, 4.69) is 39.4 Å². The molecular weight excluding hydrogens is 336 g/mol. The molecule has 0 aromatic carbocycles. The summed E-state index contributed by atoms with van der Waals surface area (Å²) >= 11 is 1.74. The highest BCUT2D eigenvalue weighted by molar-refractivity contribution is 7.07. The number of rotatable bonds is 4. The SMILES string of the molecule is CC1c2nc(CC(=O)N3CCOCC3)cn2CCN1Cc1ccsc1. The second-order valence-electron chi connectivity index (χ2n) is 6.73. The predicted molar refractivity (Wildman–Crippen MR) is 96.5 cm³/mol. The first-order valence-electron chi connectivity index (χ1n) is 8.87. The van der Waals surface area contributed by atoms with Gasteiger partial charge in [0, 0.05) is 38.9 Å². The van der Waals surface area contributed by atoms with E-state index in [1.165, 1.54) is 5.56 Å². The van der Waals surface area contributed by atoms with Gasteiger partial charge in [-0.3, -0.25) is 9.69 Å². The van der Waals surface area contributed by atoms with Crippen molar-refractivity contribution < 1.29 is 9.53 Å². The van der Waals surface area contributed by atoms with E-state index >= 15 is 0 Å². The van der Waals surface area contributed by atoms with E-state index in [1.54, 1.807) is 11.3 Å². The Bertz CT molecular complexity index is 722. The molecule has 2 aromatic heterocycles. The molecule has 25 heavy (non-hydrogen) atoms.